The Morgan fingerprint density at radius 1 is 1.05 bits per heavy atom. The molecular weight excluding hydrogens is 436 g/mol. The number of aromatic nitrogens is 2. The van der Waals surface area contributed by atoms with Crippen molar-refractivity contribution in [2.24, 2.45) is 0 Å². The van der Waals surface area contributed by atoms with E-state index in [1.807, 2.05) is 12.1 Å². The van der Waals surface area contributed by atoms with Crippen LogP contribution in [0.3, 0.4) is 0 Å². The van der Waals surface area contributed by atoms with E-state index in [9.17, 15) is 0 Å². The van der Waals surface area contributed by atoms with Gasteiger partial charge < -0.3 is 4.40 Å². The van der Waals surface area contributed by atoms with Crippen LogP contribution in [0.15, 0.2) is 48.7 Å². The smallest absolute Gasteiger partial charge is 0.0612 e. The fraction of sp³-hybridized carbons (Fsp3) is 0.167. The molecule has 21 heavy (non-hydrogen) atoms. The predicted octanol–water partition coefficient (Wildman–Crippen LogP) is 4.56. The van der Waals surface area contributed by atoms with Crippen LogP contribution >= 0.6 is 0 Å². The molecule has 4 rings (SSSR count). The standard InChI is InChI=1S/C18H15N2.Ir/c1-12(2)16-11-20-17-10-6-5-8-14(17)13-7-3-4-9-15(13)18(20)19-16;/h3-8,10-12H,1-2H3;/q-1;. The Kier molecular flexibility index (Phi) is 3.56. The number of fused-ring (bicyclic) bond motifs is 6. The van der Waals surface area contributed by atoms with Gasteiger partial charge in [0.2, 0.25) is 0 Å². The Hall–Kier alpha value is -1.70. The molecule has 0 bridgehead atoms. The Bertz CT molecular complexity index is 865. The molecule has 0 aliphatic carbocycles. The van der Waals surface area contributed by atoms with Crippen LogP contribution in [0.4, 0.5) is 0 Å². The second kappa shape index (κ2) is 5.25. The van der Waals surface area contributed by atoms with Gasteiger partial charge in [0.25, 0.3) is 0 Å². The van der Waals surface area contributed by atoms with Crippen molar-refractivity contribution in [3.63, 3.8) is 0 Å². The van der Waals surface area contributed by atoms with Gasteiger partial charge in [-0.05, 0) is 17.4 Å². The molecule has 0 saturated carbocycles. The van der Waals surface area contributed by atoms with Crippen molar-refractivity contribution in [2.45, 2.75) is 19.8 Å². The maximum atomic E-state index is 4.82. The molecule has 0 fully saturated rings. The summed E-state index contributed by atoms with van der Waals surface area (Å²) in [5.41, 5.74) is 3.33. The first-order valence-electron chi connectivity index (χ1n) is 6.96. The summed E-state index contributed by atoms with van der Waals surface area (Å²) >= 11 is 0. The van der Waals surface area contributed by atoms with Crippen LogP contribution in [-0.2, 0) is 20.1 Å². The van der Waals surface area contributed by atoms with Gasteiger partial charge in [0, 0.05) is 37.5 Å². The SMILES string of the molecule is CC(C)c1cn2c3ccccc3c3ccc[c-]c3c2n1.[Ir]. The van der Waals surface area contributed by atoms with Crippen LogP contribution in [0.5, 0.6) is 0 Å². The van der Waals surface area contributed by atoms with Crippen molar-refractivity contribution < 1.29 is 20.1 Å². The number of pyridine rings is 1. The van der Waals surface area contributed by atoms with Gasteiger partial charge in [-0.1, -0.05) is 37.4 Å². The van der Waals surface area contributed by atoms with Gasteiger partial charge in [0.05, 0.1) is 5.65 Å². The number of para-hydroxylation sites is 1. The molecule has 2 nitrogen and oxygen atoms in total. The zero-order chi connectivity index (χ0) is 13.7. The third kappa shape index (κ3) is 2.08. The third-order valence-electron chi connectivity index (χ3n) is 3.85. The number of hydrogen-bond donors (Lipinski definition) is 0. The summed E-state index contributed by atoms with van der Waals surface area (Å²) in [4.78, 5) is 4.82. The van der Waals surface area contributed by atoms with E-state index >= 15 is 0 Å². The molecule has 0 amide bonds. The van der Waals surface area contributed by atoms with E-state index in [1.54, 1.807) is 0 Å². The minimum Gasteiger partial charge on any atom is -0.340 e. The van der Waals surface area contributed by atoms with Gasteiger partial charge in [-0.15, -0.1) is 29.7 Å². The van der Waals surface area contributed by atoms with Crippen molar-refractivity contribution in [1.82, 2.24) is 9.38 Å². The fourth-order valence-corrected chi connectivity index (χ4v) is 2.79. The summed E-state index contributed by atoms with van der Waals surface area (Å²) in [6, 6.07) is 18.0. The summed E-state index contributed by atoms with van der Waals surface area (Å²) in [7, 11) is 0. The molecule has 1 radical (unpaired) electrons. The van der Waals surface area contributed by atoms with Crippen LogP contribution in [0.1, 0.15) is 25.5 Å². The maximum absolute atomic E-state index is 4.82. The van der Waals surface area contributed by atoms with Crippen molar-refractivity contribution in [3.05, 3.63) is 60.4 Å². The van der Waals surface area contributed by atoms with Crippen LogP contribution < -0.4 is 0 Å². The molecule has 0 spiro atoms. The van der Waals surface area contributed by atoms with Crippen LogP contribution in [0.2, 0.25) is 0 Å². The van der Waals surface area contributed by atoms with Gasteiger partial charge >= 0.3 is 0 Å². The molecule has 0 N–H and O–H groups in total. The fourth-order valence-electron chi connectivity index (χ4n) is 2.79. The van der Waals surface area contributed by atoms with Crippen molar-refractivity contribution in [1.29, 1.82) is 0 Å². The number of imidazole rings is 1. The van der Waals surface area contributed by atoms with Gasteiger partial charge in [-0.2, -0.15) is 0 Å². The molecule has 0 atom stereocenters. The minimum atomic E-state index is 0. The van der Waals surface area contributed by atoms with E-state index in [4.69, 9.17) is 4.98 Å². The van der Waals surface area contributed by atoms with E-state index in [2.05, 4.69) is 60.8 Å². The zero-order valence-electron chi connectivity index (χ0n) is 11.9. The Labute approximate surface area is 137 Å². The largest absolute Gasteiger partial charge is 0.340 e. The molecule has 107 valence electrons. The molecule has 2 heterocycles. The minimum absolute atomic E-state index is 0. The summed E-state index contributed by atoms with van der Waals surface area (Å²) < 4.78 is 2.20. The first-order chi connectivity index (χ1) is 9.75. The van der Waals surface area contributed by atoms with E-state index in [-0.39, 0.29) is 20.1 Å². The second-order valence-corrected chi connectivity index (χ2v) is 5.49. The van der Waals surface area contributed by atoms with Gasteiger partial charge in [-0.3, -0.25) is 4.98 Å². The summed E-state index contributed by atoms with van der Waals surface area (Å²) in [5, 5.41) is 3.56. The Morgan fingerprint density at radius 3 is 2.62 bits per heavy atom. The first kappa shape index (κ1) is 14.2. The number of hydrogen-bond acceptors (Lipinski definition) is 1. The molecular formula is C18H15IrN2-. The maximum Gasteiger partial charge on any atom is 0.0612 e. The number of rotatable bonds is 1. The van der Waals surface area contributed by atoms with Crippen molar-refractivity contribution in [2.75, 3.05) is 0 Å². The monoisotopic (exact) mass is 452 g/mol. The molecule has 0 aliphatic rings. The number of benzene rings is 2. The summed E-state index contributed by atoms with van der Waals surface area (Å²) in [6.07, 6.45) is 2.16. The number of nitrogens with zero attached hydrogens (tertiary/aromatic N) is 2. The normalized spacial score (nSPS) is 11.4. The topological polar surface area (TPSA) is 17.3 Å². The van der Waals surface area contributed by atoms with Crippen LogP contribution in [0.25, 0.3) is 27.3 Å². The quantitative estimate of drug-likeness (QED) is 0.306. The molecule has 0 aliphatic heterocycles. The van der Waals surface area contributed by atoms with E-state index < -0.39 is 0 Å². The average molecular weight is 452 g/mol. The Morgan fingerprint density at radius 2 is 1.81 bits per heavy atom. The van der Waals surface area contributed by atoms with Gasteiger partial charge in [0.1, 0.15) is 0 Å². The molecule has 2 aromatic carbocycles. The van der Waals surface area contributed by atoms with E-state index in [0.29, 0.717) is 5.92 Å². The predicted molar refractivity (Wildman–Crippen MR) is 83.1 cm³/mol. The average Bonchev–Trinajstić information content (AvgIpc) is 2.93. The van der Waals surface area contributed by atoms with Crippen LogP contribution in [0, 0.1) is 6.07 Å². The van der Waals surface area contributed by atoms with Crippen molar-refractivity contribution >= 4 is 27.3 Å². The third-order valence-corrected chi connectivity index (χ3v) is 3.85. The van der Waals surface area contributed by atoms with Gasteiger partial charge in [-0.25, -0.2) is 0 Å². The molecule has 0 unspecified atom stereocenters. The molecule has 2 aromatic heterocycles. The Balaban J connectivity index is 0.00000132. The molecule has 0 saturated heterocycles. The second-order valence-electron chi connectivity index (χ2n) is 5.49. The van der Waals surface area contributed by atoms with Gasteiger partial charge in [0.15, 0.2) is 0 Å². The zero-order valence-corrected chi connectivity index (χ0v) is 14.3. The summed E-state index contributed by atoms with van der Waals surface area (Å²) in [6.45, 7) is 4.35. The first-order valence-corrected chi connectivity index (χ1v) is 6.96. The summed E-state index contributed by atoms with van der Waals surface area (Å²) in [5.74, 6) is 0.424. The van der Waals surface area contributed by atoms with E-state index in [0.717, 1.165) is 16.7 Å². The molecule has 4 aromatic rings. The van der Waals surface area contributed by atoms with Crippen molar-refractivity contribution in [3.8, 4) is 0 Å². The van der Waals surface area contributed by atoms with Crippen LogP contribution in [-0.4, -0.2) is 9.38 Å². The molecule has 3 heteroatoms. The van der Waals surface area contributed by atoms with E-state index in [1.165, 1.54) is 16.3 Å².